The third kappa shape index (κ3) is 4.94. The molecule has 2 aromatic heterocycles. The molecule has 196 valence electrons. The summed E-state index contributed by atoms with van der Waals surface area (Å²) < 4.78 is 0. The van der Waals surface area contributed by atoms with Crippen LogP contribution in [0, 0.1) is 13.8 Å². The molecule has 0 atom stereocenters. The van der Waals surface area contributed by atoms with E-state index in [4.69, 9.17) is 9.97 Å². The van der Waals surface area contributed by atoms with Crippen LogP contribution in [-0.2, 0) is 5.41 Å². The molecule has 0 aliphatic rings. The van der Waals surface area contributed by atoms with Crippen molar-refractivity contribution in [3.63, 3.8) is 0 Å². The van der Waals surface area contributed by atoms with E-state index in [0.717, 1.165) is 44.4 Å². The summed E-state index contributed by atoms with van der Waals surface area (Å²) in [5.74, 6) is 0. The van der Waals surface area contributed by atoms with E-state index >= 15 is 0 Å². The van der Waals surface area contributed by atoms with E-state index in [2.05, 4.69) is 138 Å². The first-order valence-electron chi connectivity index (χ1n) is 13.9. The van der Waals surface area contributed by atoms with Gasteiger partial charge in [0.2, 0.25) is 0 Å². The van der Waals surface area contributed by atoms with Crippen molar-refractivity contribution in [3.05, 3.63) is 132 Å². The number of aryl methyl sites for hydroxylation is 2. The smallest absolute Gasteiger partial charge is 0.0787 e. The lowest BCUT2D eigenvalue weighted by Crippen LogP contribution is -2.11. The molecule has 0 N–H and O–H groups in total. The number of hydrogen-bond acceptors (Lipinski definition) is 2. The van der Waals surface area contributed by atoms with Gasteiger partial charge >= 0.3 is 0 Å². The van der Waals surface area contributed by atoms with E-state index in [9.17, 15) is 0 Å². The summed E-state index contributed by atoms with van der Waals surface area (Å²) >= 11 is 0. The third-order valence-corrected chi connectivity index (χ3v) is 7.72. The molecule has 0 saturated heterocycles. The largest absolute Gasteiger partial charge is 0.256 e. The summed E-state index contributed by atoms with van der Waals surface area (Å²) in [4.78, 5) is 9.82. The van der Waals surface area contributed by atoms with Gasteiger partial charge in [0.15, 0.2) is 0 Å². The SMILES string of the molecule is Cc1ccc(-c2ccc(-c3cccc(-c4cc(C(C)(C)C)ccn4)c3)c3cc(-c4ccccc4)cnc23)c(C)c1. The van der Waals surface area contributed by atoms with Gasteiger partial charge in [-0.3, -0.25) is 9.97 Å². The molecule has 0 radical (unpaired) electrons. The highest BCUT2D eigenvalue weighted by Crippen LogP contribution is 2.39. The minimum atomic E-state index is 0.0644. The average Bonchev–Trinajstić information content (AvgIpc) is 2.97. The highest BCUT2D eigenvalue weighted by molar-refractivity contribution is 6.04. The molecule has 0 aliphatic heterocycles. The van der Waals surface area contributed by atoms with Crippen LogP contribution in [0.5, 0.6) is 0 Å². The number of pyridine rings is 2. The normalized spacial score (nSPS) is 11.6. The summed E-state index contributed by atoms with van der Waals surface area (Å²) in [7, 11) is 0. The molecule has 0 unspecified atom stereocenters. The molecule has 0 spiro atoms. The second-order valence-corrected chi connectivity index (χ2v) is 11.7. The number of nitrogens with zero attached hydrogens (tertiary/aromatic N) is 2. The van der Waals surface area contributed by atoms with Crippen molar-refractivity contribution in [2.75, 3.05) is 0 Å². The highest BCUT2D eigenvalue weighted by atomic mass is 14.7. The van der Waals surface area contributed by atoms with Crippen LogP contribution in [0.4, 0.5) is 0 Å². The minimum absolute atomic E-state index is 0.0644. The van der Waals surface area contributed by atoms with Gasteiger partial charge in [0.05, 0.1) is 11.2 Å². The van der Waals surface area contributed by atoms with Gasteiger partial charge in [-0.25, -0.2) is 0 Å². The van der Waals surface area contributed by atoms with Crippen molar-refractivity contribution in [2.45, 2.75) is 40.0 Å². The van der Waals surface area contributed by atoms with Gasteiger partial charge in [-0.15, -0.1) is 0 Å². The summed E-state index contributed by atoms with van der Waals surface area (Å²) in [5.41, 5.74) is 14.0. The molecule has 6 rings (SSSR count). The molecule has 0 aliphatic carbocycles. The van der Waals surface area contributed by atoms with Crippen molar-refractivity contribution < 1.29 is 0 Å². The van der Waals surface area contributed by atoms with Gasteiger partial charge in [-0.2, -0.15) is 0 Å². The van der Waals surface area contributed by atoms with Crippen LogP contribution in [0.2, 0.25) is 0 Å². The minimum Gasteiger partial charge on any atom is -0.256 e. The fraction of sp³-hybridized carbons (Fsp3) is 0.158. The quantitative estimate of drug-likeness (QED) is 0.232. The third-order valence-electron chi connectivity index (χ3n) is 7.72. The van der Waals surface area contributed by atoms with Gasteiger partial charge in [0.25, 0.3) is 0 Å². The zero-order chi connectivity index (χ0) is 27.9. The summed E-state index contributed by atoms with van der Waals surface area (Å²) in [6, 6.07) is 37.0. The Hall–Kier alpha value is -4.56. The first-order chi connectivity index (χ1) is 19.3. The van der Waals surface area contributed by atoms with Crippen LogP contribution < -0.4 is 0 Å². The maximum Gasteiger partial charge on any atom is 0.0787 e. The zero-order valence-electron chi connectivity index (χ0n) is 23.9. The van der Waals surface area contributed by atoms with E-state index in [-0.39, 0.29) is 5.41 Å². The van der Waals surface area contributed by atoms with Gasteiger partial charge in [0.1, 0.15) is 0 Å². The molecule has 6 aromatic rings. The van der Waals surface area contributed by atoms with E-state index in [1.54, 1.807) is 0 Å². The number of benzene rings is 4. The topological polar surface area (TPSA) is 25.8 Å². The number of aromatic nitrogens is 2. The number of hydrogen-bond donors (Lipinski definition) is 0. The van der Waals surface area contributed by atoms with E-state index < -0.39 is 0 Å². The standard InChI is InChI=1S/C38H34N2/c1-25-14-15-32(26(2)20-25)34-17-16-33(35-22-30(24-40-37(34)35)27-10-7-6-8-11-27)28-12-9-13-29(21-28)36-23-31(18-19-39-36)38(3,4)5/h6-24H,1-5H3. The molecule has 0 amide bonds. The maximum absolute atomic E-state index is 5.09. The molecule has 40 heavy (non-hydrogen) atoms. The van der Waals surface area contributed by atoms with Crippen molar-refractivity contribution in [3.8, 4) is 44.6 Å². The Morgan fingerprint density at radius 1 is 0.550 bits per heavy atom. The lowest BCUT2D eigenvalue weighted by atomic mass is 9.86. The Kier molecular flexibility index (Phi) is 6.56. The Morgan fingerprint density at radius 2 is 1.27 bits per heavy atom. The molecule has 2 heteroatoms. The molecular formula is C38H34N2. The summed E-state index contributed by atoms with van der Waals surface area (Å²) in [6.07, 6.45) is 3.93. The van der Waals surface area contributed by atoms with E-state index in [1.807, 2.05) is 12.4 Å². The summed E-state index contributed by atoms with van der Waals surface area (Å²) in [6.45, 7) is 11.0. The van der Waals surface area contributed by atoms with Crippen LogP contribution in [0.3, 0.4) is 0 Å². The van der Waals surface area contributed by atoms with Gasteiger partial charge < -0.3 is 0 Å². The lowest BCUT2D eigenvalue weighted by Gasteiger charge is -2.19. The van der Waals surface area contributed by atoms with Crippen LogP contribution in [-0.4, -0.2) is 9.97 Å². The number of fused-ring (bicyclic) bond motifs is 1. The zero-order valence-corrected chi connectivity index (χ0v) is 23.9. The second-order valence-electron chi connectivity index (χ2n) is 11.7. The van der Waals surface area contributed by atoms with Crippen LogP contribution in [0.15, 0.2) is 116 Å². The van der Waals surface area contributed by atoms with Crippen molar-refractivity contribution >= 4 is 10.9 Å². The molecule has 0 bridgehead atoms. The van der Waals surface area contributed by atoms with Crippen molar-refractivity contribution in [1.29, 1.82) is 0 Å². The van der Waals surface area contributed by atoms with E-state index in [1.165, 1.54) is 27.8 Å². The predicted molar refractivity (Wildman–Crippen MR) is 169 cm³/mol. The van der Waals surface area contributed by atoms with Gasteiger partial charge in [-0.1, -0.05) is 105 Å². The molecule has 2 heterocycles. The van der Waals surface area contributed by atoms with Crippen molar-refractivity contribution in [2.24, 2.45) is 0 Å². The molecular weight excluding hydrogens is 484 g/mol. The van der Waals surface area contributed by atoms with Crippen LogP contribution in [0.25, 0.3) is 55.5 Å². The van der Waals surface area contributed by atoms with Crippen molar-refractivity contribution in [1.82, 2.24) is 9.97 Å². The lowest BCUT2D eigenvalue weighted by molar-refractivity contribution is 0.589. The van der Waals surface area contributed by atoms with Crippen LogP contribution in [0.1, 0.15) is 37.5 Å². The molecule has 0 saturated carbocycles. The fourth-order valence-electron chi connectivity index (χ4n) is 5.49. The summed E-state index contributed by atoms with van der Waals surface area (Å²) in [5, 5.41) is 1.15. The predicted octanol–water partition coefficient (Wildman–Crippen LogP) is 10.2. The Labute approximate surface area is 237 Å². The van der Waals surface area contributed by atoms with Crippen LogP contribution >= 0.6 is 0 Å². The molecule has 4 aromatic carbocycles. The van der Waals surface area contributed by atoms with Gasteiger partial charge in [-0.05, 0) is 76.9 Å². The fourth-order valence-corrected chi connectivity index (χ4v) is 5.49. The Bertz CT molecular complexity index is 1840. The second kappa shape index (κ2) is 10.2. The Morgan fingerprint density at radius 3 is 2.05 bits per heavy atom. The average molecular weight is 519 g/mol. The Balaban J connectivity index is 1.55. The highest BCUT2D eigenvalue weighted by Gasteiger charge is 2.17. The van der Waals surface area contributed by atoms with E-state index in [0.29, 0.717) is 0 Å². The first-order valence-corrected chi connectivity index (χ1v) is 13.9. The monoisotopic (exact) mass is 518 g/mol. The van der Waals surface area contributed by atoms with Gasteiger partial charge in [0, 0.05) is 34.5 Å². The molecule has 0 fully saturated rings. The molecule has 2 nitrogen and oxygen atoms in total. The maximum atomic E-state index is 5.09. The number of rotatable bonds is 4. The first kappa shape index (κ1) is 25.7.